The van der Waals surface area contributed by atoms with Crippen LogP contribution < -0.4 is 4.90 Å². The fourth-order valence-corrected chi connectivity index (χ4v) is 3.42. The molecule has 2 aromatic carbocycles. The third-order valence-corrected chi connectivity index (χ3v) is 4.94. The molecular weight excluding hydrogens is 390 g/mol. The first-order valence-electron chi connectivity index (χ1n) is 8.98. The lowest BCUT2D eigenvalue weighted by Crippen LogP contribution is -2.28. The molecule has 0 unspecified atom stereocenters. The summed E-state index contributed by atoms with van der Waals surface area (Å²) in [6.07, 6.45) is -0.0815. The SMILES string of the molecule is CC(F)(F)CCc1ccc([C@H]2COC(=O)N2c2ccc3nc[nH]c3c2)c(F)c1F. The van der Waals surface area contributed by atoms with Gasteiger partial charge in [-0.2, -0.15) is 0 Å². The monoisotopic (exact) mass is 407 g/mol. The van der Waals surface area contributed by atoms with E-state index >= 15 is 0 Å². The van der Waals surface area contributed by atoms with Crippen molar-refractivity contribution < 1.29 is 27.1 Å². The minimum absolute atomic E-state index is 0.0786. The molecule has 1 saturated heterocycles. The zero-order valence-corrected chi connectivity index (χ0v) is 15.4. The molecule has 1 amide bonds. The number of hydrogen-bond acceptors (Lipinski definition) is 3. The molecule has 0 aliphatic carbocycles. The highest BCUT2D eigenvalue weighted by atomic mass is 19.3. The minimum Gasteiger partial charge on any atom is -0.447 e. The van der Waals surface area contributed by atoms with Crippen molar-refractivity contribution >= 4 is 22.8 Å². The number of fused-ring (bicyclic) bond motifs is 1. The van der Waals surface area contributed by atoms with Crippen molar-refractivity contribution in [2.45, 2.75) is 31.7 Å². The third-order valence-electron chi connectivity index (χ3n) is 4.94. The van der Waals surface area contributed by atoms with Gasteiger partial charge in [-0.1, -0.05) is 12.1 Å². The van der Waals surface area contributed by atoms with E-state index in [9.17, 15) is 22.4 Å². The number of aromatic amines is 1. The first kappa shape index (κ1) is 19.2. The van der Waals surface area contributed by atoms with Crippen molar-refractivity contribution in [1.82, 2.24) is 9.97 Å². The van der Waals surface area contributed by atoms with Gasteiger partial charge in [-0.25, -0.2) is 27.3 Å². The summed E-state index contributed by atoms with van der Waals surface area (Å²) in [5.41, 5.74) is 1.58. The van der Waals surface area contributed by atoms with Gasteiger partial charge in [0, 0.05) is 12.0 Å². The number of amides is 1. The standard InChI is InChI=1S/C20H17F4N3O2/c1-20(23,24)7-6-11-2-4-13(18(22)17(11)21)16-9-29-19(28)27(16)12-3-5-14-15(8-12)26-10-25-14/h2-5,8,10,16H,6-7,9H2,1H3,(H,25,26)/t16-/m1/s1. The normalized spacial score (nSPS) is 17.2. The van der Waals surface area contributed by atoms with E-state index in [-0.39, 0.29) is 24.2 Å². The molecule has 3 aromatic rings. The number of aromatic nitrogens is 2. The van der Waals surface area contributed by atoms with Crippen LogP contribution in [0.5, 0.6) is 0 Å². The lowest BCUT2D eigenvalue weighted by atomic mass is 9.99. The van der Waals surface area contributed by atoms with E-state index in [0.29, 0.717) is 16.7 Å². The van der Waals surface area contributed by atoms with Crippen molar-refractivity contribution in [3.63, 3.8) is 0 Å². The Labute approximate surface area is 163 Å². The Morgan fingerprint density at radius 3 is 2.79 bits per heavy atom. The summed E-state index contributed by atoms with van der Waals surface area (Å²) in [4.78, 5) is 20.5. The number of imidazole rings is 1. The highest BCUT2D eigenvalue weighted by Gasteiger charge is 2.38. The van der Waals surface area contributed by atoms with Gasteiger partial charge < -0.3 is 9.72 Å². The molecule has 1 fully saturated rings. The molecule has 152 valence electrons. The number of aryl methyl sites for hydroxylation is 1. The van der Waals surface area contributed by atoms with Crippen LogP contribution in [0, 0.1) is 11.6 Å². The van der Waals surface area contributed by atoms with Gasteiger partial charge in [0.1, 0.15) is 12.6 Å². The fourth-order valence-electron chi connectivity index (χ4n) is 3.42. The Balaban J connectivity index is 1.67. The molecule has 5 nitrogen and oxygen atoms in total. The number of benzene rings is 2. The second-order valence-electron chi connectivity index (χ2n) is 7.08. The van der Waals surface area contributed by atoms with Gasteiger partial charge in [0.2, 0.25) is 5.92 Å². The van der Waals surface area contributed by atoms with E-state index < -0.39 is 36.1 Å². The van der Waals surface area contributed by atoms with Crippen LogP contribution in [0.2, 0.25) is 0 Å². The number of alkyl halides is 2. The number of nitrogens with zero attached hydrogens (tertiary/aromatic N) is 2. The van der Waals surface area contributed by atoms with Gasteiger partial charge in [-0.3, -0.25) is 4.90 Å². The molecule has 0 spiro atoms. The molecule has 0 bridgehead atoms. The summed E-state index contributed by atoms with van der Waals surface area (Å²) in [6, 6.07) is 6.69. The molecule has 2 heterocycles. The second-order valence-corrected chi connectivity index (χ2v) is 7.08. The quantitative estimate of drug-likeness (QED) is 0.597. The van der Waals surface area contributed by atoms with Crippen molar-refractivity contribution in [2.24, 2.45) is 0 Å². The maximum atomic E-state index is 14.8. The number of cyclic esters (lactones) is 1. The molecule has 4 rings (SSSR count). The number of hydrogen-bond donors (Lipinski definition) is 1. The molecule has 29 heavy (non-hydrogen) atoms. The molecule has 1 N–H and O–H groups in total. The highest BCUT2D eigenvalue weighted by molar-refractivity contribution is 5.93. The van der Waals surface area contributed by atoms with E-state index in [2.05, 4.69) is 9.97 Å². The lowest BCUT2D eigenvalue weighted by Gasteiger charge is -2.23. The molecule has 1 atom stereocenters. The van der Waals surface area contributed by atoms with Gasteiger partial charge in [-0.15, -0.1) is 0 Å². The van der Waals surface area contributed by atoms with Crippen molar-refractivity contribution in [3.8, 4) is 0 Å². The summed E-state index contributed by atoms with van der Waals surface area (Å²) in [5.74, 6) is -5.33. The number of carbonyl (C=O) groups excluding carboxylic acids is 1. The van der Waals surface area contributed by atoms with E-state index in [1.807, 2.05) is 0 Å². The van der Waals surface area contributed by atoms with Crippen LogP contribution in [0.4, 0.5) is 28.0 Å². The van der Waals surface area contributed by atoms with Gasteiger partial charge in [0.25, 0.3) is 0 Å². The summed E-state index contributed by atoms with van der Waals surface area (Å²) < 4.78 is 60.5. The van der Waals surface area contributed by atoms with Crippen molar-refractivity contribution in [1.29, 1.82) is 0 Å². The number of halogens is 4. The molecular formula is C20H17F4N3O2. The van der Waals surface area contributed by atoms with Crippen LogP contribution in [0.3, 0.4) is 0 Å². The largest absolute Gasteiger partial charge is 0.447 e. The van der Waals surface area contributed by atoms with Crippen molar-refractivity contribution in [3.05, 3.63) is 59.4 Å². The maximum Gasteiger partial charge on any atom is 0.415 e. The van der Waals surface area contributed by atoms with Gasteiger partial charge in [0.05, 0.1) is 23.0 Å². The maximum absolute atomic E-state index is 14.8. The Morgan fingerprint density at radius 2 is 2.03 bits per heavy atom. The van der Waals surface area contributed by atoms with Crippen LogP contribution in [-0.2, 0) is 11.2 Å². The van der Waals surface area contributed by atoms with E-state index in [0.717, 1.165) is 6.92 Å². The smallest absolute Gasteiger partial charge is 0.415 e. The van der Waals surface area contributed by atoms with Gasteiger partial charge >= 0.3 is 6.09 Å². The molecule has 0 radical (unpaired) electrons. The first-order valence-corrected chi connectivity index (χ1v) is 8.98. The fraction of sp³-hybridized carbons (Fsp3) is 0.300. The molecule has 0 saturated carbocycles. The Bertz CT molecular complexity index is 1080. The Hall–Kier alpha value is -3.10. The molecule has 1 aliphatic rings. The Kier molecular flexibility index (Phi) is 4.68. The molecule has 1 aromatic heterocycles. The van der Waals surface area contributed by atoms with E-state index in [1.165, 1.54) is 23.4 Å². The van der Waals surface area contributed by atoms with Crippen LogP contribution in [0.25, 0.3) is 11.0 Å². The minimum atomic E-state index is -2.98. The zero-order valence-electron chi connectivity index (χ0n) is 15.4. The first-order chi connectivity index (χ1) is 13.7. The summed E-state index contributed by atoms with van der Waals surface area (Å²) in [6.45, 7) is 0.564. The highest BCUT2D eigenvalue weighted by Crippen LogP contribution is 2.36. The number of ether oxygens (including phenoxy) is 1. The topological polar surface area (TPSA) is 58.2 Å². The van der Waals surface area contributed by atoms with Crippen LogP contribution in [0.15, 0.2) is 36.7 Å². The van der Waals surface area contributed by atoms with Crippen molar-refractivity contribution in [2.75, 3.05) is 11.5 Å². The number of rotatable bonds is 5. The van der Waals surface area contributed by atoms with E-state index in [4.69, 9.17) is 4.74 Å². The predicted molar refractivity (Wildman–Crippen MR) is 98.0 cm³/mol. The second kappa shape index (κ2) is 7.06. The number of nitrogens with one attached hydrogen (secondary N) is 1. The van der Waals surface area contributed by atoms with Crippen LogP contribution in [-0.4, -0.2) is 28.6 Å². The predicted octanol–water partition coefficient (Wildman–Crippen LogP) is 5.13. The number of anilines is 1. The summed E-state index contributed by atoms with van der Waals surface area (Å²) >= 11 is 0. The molecule has 9 heteroatoms. The summed E-state index contributed by atoms with van der Waals surface area (Å²) in [5, 5.41) is 0. The summed E-state index contributed by atoms with van der Waals surface area (Å²) in [7, 11) is 0. The van der Waals surface area contributed by atoms with Gasteiger partial charge in [0.15, 0.2) is 11.6 Å². The Morgan fingerprint density at radius 1 is 1.24 bits per heavy atom. The van der Waals surface area contributed by atoms with Crippen LogP contribution in [0.1, 0.15) is 30.5 Å². The average molecular weight is 407 g/mol. The van der Waals surface area contributed by atoms with Gasteiger partial charge in [-0.05, 0) is 37.1 Å². The van der Waals surface area contributed by atoms with Crippen LogP contribution >= 0.6 is 0 Å². The average Bonchev–Trinajstić information content (AvgIpc) is 3.28. The third kappa shape index (κ3) is 3.64. The van der Waals surface area contributed by atoms with E-state index in [1.54, 1.807) is 18.2 Å². The lowest BCUT2D eigenvalue weighted by molar-refractivity contribution is 0.0131. The number of carbonyl (C=O) groups is 1. The molecule has 1 aliphatic heterocycles. The zero-order chi connectivity index (χ0) is 20.8. The number of H-pyrrole nitrogens is 1.